The third-order valence-electron chi connectivity index (χ3n) is 6.30. The molecule has 1 saturated heterocycles. The van der Waals surface area contributed by atoms with Crippen LogP contribution in [0.1, 0.15) is 57.8 Å². The molecule has 1 aliphatic carbocycles. The number of amides is 1. The van der Waals surface area contributed by atoms with Gasteiger partial charge in [-0.3, -0.25) is 4.79 Å². The molecule has 5 heteroatoms. The summed E-state index contributed by atoms with van der Waals surface area (Å²) in [4.78, 5) is 15.6. The minimum absolute atomic E-state index is 0.0183. The highest BCUT2D eigenvalue weighted by Gasteiger charge is 2.50. The van der Waals surface area contributed by atoms with Crippen molar-refractivity contribution in [3.63, 3.8) is 0 Å². The maximum Gasteiger partial charge on any atom is 0.243 e. The molecule has 1 amide bonds. The number of para-hydroxylation sites is 1. The van der Waals surface area contributed by atoms with Gasteiger partial charge in [0.15, 0.2) is 0 Å². The zero-order valence-corrected chi connectivity index (χ0v) is 17.3. The van der Waals surface area contributed by atoms with E-state index in [9.17, 15) is 10.1 Å². The Bertz CT molecular complexity index is 769. The van der Waals surface area contributed by atoms with Crippen LogP contribution in [0.5, 0.6) is 0 Å². The summed E-state index contributed by atoms with van der Waals surface area (Å²) >= 11 is 1.76. The van der Waals surface area contributed by atoms with Gasteiger partial charge >= 0.3 is 0 Å². The first kappa shape index (κ1) is 19.4. The highest BCUT2D eigenvalue weighted by Crippen LogP contribution is 2.54. The first-order valence-electron chi connectivity index (χ1n) is 10.7. The zero-order chi connectivity index (χ0) is 19.4. The van der Waals surface area contributed by atoms with Crippen LogP contribution in [0, 0.1) is 11.3 Å². The number of benzene rings is 1. The molecule has 1 aromatic rings. The highest BCUT2D eigenvalue weighted by molar-refractivity contribution is 8.02. The molecule has 148 valence electrons. The van der Waals surface area contributed by atoms with Crippen molar-refractivity contribution in [1.82, 2.24) is 4.90 Å². The van der Waals surface area contributed by atoms with E-state index in [4.69, 9.17) is 0 Å². The Hall–Kier alpha value is -1.93. The number of nitrogens with zero attached hydrogens (tertiary/aromatic N) is 2. The second kappa shape index (κ2) is 8.61. The Morgan fingerprint density at radius 3 is 2.32 bits per heavy atom. The first-order valence-corrected chi connectivity index (χ1v) is 11.5. The van der Waals surface area contributed by atoms with Gasteiger partial charge in [0.25, 0.3) is 0 Å². The Morgan fingerprint density at radius 2 is 1.68 bits per heavy atom. The molecule has 1 spiro atoms. The normalized spacial score (nSPS) is 24.7. The van der Waals surface area contributed by atoms with Crippen LogP contribution in [0.25, 0.3) is 0 Å². The van der Waals surface area contributed by atoms with Crippen molar-refractivity contribution in [2.24, 2.45) is 0 Å². The Kier molecular flexibility index (Phi) is 5.96. The van der Waals surface area contributed by atoms with Crippen LogP contribution in [0.15, 0.2) is 41.6 Å². The molecule has 4 nitrogen and oxygen atoms in total. The molecule has 0 bridgehead atoms. The first-order chi connectivity index (χ1) is 13.7. The zero-order valence-electron chi connectivity index (χ0n) is 16.5. The number of hydrogen-bond donors (Lipinski definition) is 1. The van der Waals surface area contributed by atoms with E-state index in [0.29, 0.717) is 0 Å². The van der Waals surface area contributed by atoms with E-state index in [-0.39, 0.29) is 15.9 Å². The molecule has 4 rings (SSSR count). The number of nitrogens with one attached hydrogen (secondary N) is 1. The molecule has 2 aliphatic heterocycles. The van der Waals surface area contributed by atoms with Gasteiger partial charge in [-0.05, 0) is 37.8 Å². The highest BCUT2D eigenvalue weighted by atomic mass is 32.2. The molecule has 28 heavy (non-hydrogen) atoms. The fraction of sp³-hybridized carbons (Fsp3) is 0.565. The van der Waals surface area contributed by atoms with Gasteiger partial charge in [0, 0.05) is 18.8 Å². The van der Waals surface area contributed by atoms with Crippen LogP contribution in [0.4, 0.5) is 5.69 Å². The minimum atomic E-state index is -0.285. The van der Waals surface area contributed by atoms with E-state index in [2.05, 4.69) is 16.3 Å². The fourth-order valence-electron chi connectivity index (χ4n) is 4.90. The van der Waals surface area contributed by atoms with Crippen molar-refractivity contribution in [3.05, 3.63) is 41.6 Å². The fourth-order valence-corrected chi connectivity index (χ4v) is 6.69. The molecule has 1 saturated carbocycles. The maximum atomic E-state index is 13.3. The van der Waals surface area contributed by atoms with E-state index < -0.39 is 0 Å². The van der Waals surface area contributed by atoms with Gasteiger partial charge in [0.05, 0.1) is 22.1 Å². The lowest BCUT2D eigenvalue weighted by Crippen LogP contribution is -2.33. The molecule has 1 aromatic carbocycles. The molecule has 0 aromatic heterocycles. The average Bonchev–Trinajstić information content (AvgIpc) is 3.32. The maximum absolute atomic E-state index is 13.3. The number of carbonyl (C=O) groups excluding carboxylic acids is 1. The van der Waals surface area contributed by atoms with Crippen molar-refractivity contribution < 1.29 is 4.79 Å². The van der Waals surface area contributed by atoms with E-state index in [1.807, 2.05) is 30.3 Å². The quantitative estimate of drug-likeness (QED) is 0.774. The largest absolute Gasteiger partial charge is 0.373 e. The lowest BCUT2D eigenvalue weighted by Gasteiger charge is -2.31. The predicted octanol–water partition coefficient (Wildman–Crippen LogP) is 5.10. The number of nitriles is 1. The minimum Gasteiger partial charge on any atom is -0.373 e. The lowest BCUT2D eigenvalue weighted by molar-refractivity contribution is -0.115. The molecular formula is C23H29N3OS. The van der Waals surface area contributed by atoms with Crippen LogP contribution in [0.3, 0.4) is 0 Å². The van der Waals surface area contributed by atoms with Crippen LogP contribution < -0.4 is 5.32 Å². The van der Waals surface area contributed by atoms with Gasteiger partial charge in [-0.2, -0.15) is 5.26 Å². The average molecular weight is 396 g/mol. The summed E-state index contributed by atoms with van der Waals surface area (Å²) in [6, 6.07) is 12.3. The van der Waals surface area contributed by atoms with Crippen molar-refractivity contribution in [3.8, 4) is 6.07 Å². The van der Waals surface area contributed by atoms with Gasteiger partial charge in [-0.25, -0.2) is 0 Å². The summed E-state index contributed by atoms with van der Waals surface area (Å²) in [7, 11) is 0. The van der Waals surface area contributed by atoms with Crippen molar-refractivity contribution in [2.45, 2.75) is 67.8 Å². The smallest absolute Gasteiger partial charge is 0.243 e. The number of thioether (sulfide) groups is 1. The molecule has 2 heterocycles. The summed E-state index contributed by atoms with van der Waals surface area (Å²) in [5.41, 5.74) is 2.74. The van der Waals surface area contributed by atoms with Gasteiger partial charge in [0.2, 0.25) is 5.91 Å². The summed E-state index contributed by atoms with van der Waals surface area (Å²) in [6.45, 7) is 1.93. The number of rotatable bonds is 3. The van der Waals surface area contributed by atoms with Crippen LogP contribution in [-0.2, 0) is 4.79 Å². The monoisotopic (exact) mass is 395 g/mol. The third kappa shape index (κ3) is 3.80. The number of likely N-dealkylation sites (tertiary alicyclic amines) is 1. The number of carbonyl (C=O) groups is 1. The number of hydrogen-bond acceptors (Lipinski definition) is 4. The second-order valence-electron chi connectivity index (χ2n) is 8.18. The molecule has 1 unspecified atom stereocenters. The standard InChI is InChI=1S/C23H29N3OS/c24-17-19-20(26-15-9-10-16-26)21(22(27)25-18-11-5-4-6-12-18)28-23(19)13-7-2-1-3-8-14-23/h4-6,11-12,21H,1-3,7-10,13-16H2,(H,25,27). The lowest BCUT2D eigenvalue weighted by atomic mass is 9.84. The van der Waals surface area contributed by atoms with Gasteiger partial charge in [0.1, 0.15) is 5.25 Å². The predicted molar refractivity (Wildman–Crippen MR) is 115 cm³/mol. The topological polar surface area (TPSA) is 56.1 Å². The van der Waals surface area contributed by atoms with Crippen LogP contribution in [-0.4, -0.2) is 33.9 Å². The van der Waals surface area contributed by atoms with E-state index in [1.54, 1.807) is 11.8 Å². The van der Waals surface area contributed by atoms with Crippen LogP contribution in [0.2, 0.25) is 0 Å². The molecule has 2 fully saturated rings. The molecule has 3 aliphatic rings. The summed E-state index contributed by atoms with van der Waals surface area (Å²) in [6.07, 6.45) is 10.4. The van der Waals surface area contributed by atoms with E-state index >= 15 is 0 Å². The third-order valence-corrected chi connectivity index (χ3v) is 8.04. The van der Waals surface area contributed by atoms with Crippen molar-refractivity contribution >= 4 is 23.4 Å². The van der Waals surface area contributed by atoms with Gasteiger partial charge in [-0.1, -0.05) is 50.3 Å². The van der Waals surface area contributed by atoms with Gasteiger partial charge < -0.3 is 10.2 Å². The molecule has 1 N–H and O–H groups in total. The molecule has 1 atom stereocenters. The summed E-state index contributed by atoms with van der Waals surface area (Å²) < 4.78 is -0.175. The Labute approximate surface area is 172 Å². The van der Waals surface area contributed by atoms with Crippen molar-refractivity contribution in [1.29, 1.82) is 5.26 Å². The second-order valence-corrected chi connectivity index (χ2v) is 9.67. The van der Waals surface area contributed by atoms with E-state index in [0.717, 1.165) is 68.6 Å². The molecule has 0 radical (unpaired) electrons. The summed E-state index contributed by atoms with van der Waals surface area (Å²) in [5.74, 6) is 0.0183. The Balaban J connectivity index is 1.67. The Morgan fingerprint density at radius 1 is 1.04 bits per heavy atom. The van der Waals surface area contributed by atoms with Crippen molar-refractivity contribution in [2.75, 3.05) is 18.4 Å². The SMILES string of the molecule is N#CC1=C(N2CCCC2)C(C(=O)Nc2ccccc2)SC12CCCCCCC2. The summed E-state index contributed by atoms with van der Waals surface area (Å²) in [5, 5.41) is 13.0. The van der Waals surface area contributed by atoms with Gasteiger partial charge in [-0.15, -0.1) is 11.8 Å². The molecular weight excluding hydrogens is 366 g/mol. The van der Waals surface area contributed by atoms with Crippen LogP contribution >= 0.6 is 11.8 Å². The number of anilines is 1. The van der Waals surface area contributed by atoms with E-state index in [1.165, 1.54) is 19.3 Å².